The lowest BCUT2D eigenvalue weighted by molar-refractivity contribution is 0.101. The predicted octanol–water partition coefficient (Wildman–Crippen LogP) is 3.68. The van der Waals surface area contributed by atoms with Crippen LogP contribution in [0.5, 0.6) is 0 Å². The summed E-state index contributed by atoms with van der Waals surface area (Å²) < 4.78 is 9.88. The minimum atomic E-state index is -0.549. The normalized spacial score (nSPS) is 13.4. The average Bonchev–Trinajstić information content (AvgIpc) is 3.06. The van der Waals surface area contributed by atoms with E-state index in [9.17, 15) is 9.59 Å². The first-order chi connectivity index (χ1) is 10.2. The number of nitrogens with zero attached hydrogens (tertiary/aromatic N) is 1. The first-order valence-corrected chi connectivity index (χ1v) is 6.96. The molecule has 0 spiro atoms. The Hall–Kier alpha value is -2.47. The summed E-state index contributed by atoms with van der Waals surface area (Å²) in [5, 5.41) is 0. The van der Waals surface area contributed by atoms with Crippen LogP contribution in [0, 0.1) is 0 Å². The van der Waals surface area contributed by atoms with Crippen LogP contribution in [-0.2, 0) is 4.74 Å². The summed E-state index contributed by atoms with van der Waals surface area (Å²) in [6, 6.07) is 10.5. The Morgan fingerprint density at radius 2 is 2.00 bits per heavy atom. The van der Waals surface area contributed by atoms with E-state index in [1.165, 1.54) is 36.2 Å². The van der Waals surface area contributed by atoms with E-state index in [0.717, 1.165) is 4.90 Å². The molecule has 106 valence electrons. The van der Waals surface area contributed by atoms with Crippen LogP contribution in [0.25, 0.3) is 0 Å². The van der Waals surface area contributed by atoms with Crippen molar-refractivity contribution in [2.75, 3.05) is 12.0 Å². The van der Waals surface area contributed by atoms with E-state index in [1.54, 1.807) is 18.2 Å². The molecule has 1 amide bonds. The van der Waals surface area contributed by atoms with E-state index >= 15 is 0 Å². The molecule has 0 atom stereocenters. The molecule has 1 aliphatic heterocycles. The third kappa shape index (κ3) is 2.45. The fraction of sp³-hybridized carbons (Fsp3) is 0.0667. The molecule has 1 aliphatic rings. The molecule has 21 heavy (non-hydrogen) atoms. The van der Waals surface area contributed by atoms with Crippen molar-refractivity contribution in [3.05, 3.63) is 59.5 Å². The van der Waals surface area contributed by atoms with Crippen LogP contribution in [0.1, 0.15) is 10.6 Å². The van der Waals surface area contributed by atoms with Gasteiger partial charge in [0.1, 0.15) is 0 Å². The van der Waals surface area contributed by atoms with Crippen molar-refractivity contribution < 1.29 is 18.7 Å². The second-order valence-electron chi connectivity index (χ2n) is 4.21. The monoisotopic (exact) mass is 301 g/mol. The SMILES string of the molecule is COC(=O)N1C=C(C(=O)c2ccco2)Sc2ccccc21. The Kier molecular flexibility index (Phi) is 3.53. The van der Waals surface area contributed by atoms with Gasteiger partial charge in [0.05, 0.1) is 24.0 Å². The molecule has 0 bridgehead atoms. The standard InChI is InChI=1S/C15H11NO4S/c1-19-15(18)16-9-13(14(17)11-6-4-8-20-11)21-12-7-3-2-5-10(12)16/h2-9H,1H3. The van der Waals surface area contributed by atoms with E-state index < -0.39 is 6.09 Å². The molecule has 1 aromatic carbocycles. The molecule has 1 aromatic heterocycles. The predicted molar refractivity (Wildman–Crippen MR) is 78.3 cm³/mol. The number of amides is 1. The van der Waals surface area contributed by atoms with Crippen molar-refractivity contribution in [2.24, 2.45) is 0 Å². The van der Waals surface area contributed by atoms with Gasteiger partial charge < -0.3 is 9.15 Å². The summed E-state index contributed by atoms with van der Waals surface area (Å²) in [4.78, 5) is 26.8. The first kappa shape index (κ1) is 13.5. The number of ketones is 1. The van der Waals surface area contributed by atoms with Gasteiger partial charge in [-0.05, 0) is 24.3 Å². The molecular weight excluding hydrogens is 290 g/mol. The number of thioether (sulfide) groups is 1. The molecule has 3 rings (SSSR count). The molecular formula is C15H11NO4S. The van der Waals surface area contributed by atoms with Crippen LogP contribution in [0.15, 0.2) is 63.1 Å². The minimum Gasteiger partial charge on any atom is -0.461 e. The number of fused-ring (bicyclic) bond motifs is 1. The lowest BCUT2D eigenvalue weighted by Gasteiger charge is -2.25. The molecule has 0 saturated carbocycles. The fourth-order valence-electron chi connectivity index (χ4n) is 1.96. The average molecular weight is 301 g/mol. The highest BCUT2D eigenvalue weighted by atomic mass is 32.2. The topological polar surface area (TPSA) is 59.8 Å². The Bertz CT molecular complexity index is 721. The number of allylic oxidation sites excluding steroid dienone is 1. The minimum absolute atomic E-state index is 0.234. The number of methoxy groups -OCH3 is 1. The van der Waals surface area contributed by atoms with Gasteiger partial charge in [0.25, 0.3) is 0 Å². The number of para-hydroxylation sites is 1. The second kappa shape index (κ2) is 5.49. The second-order valence-corrected chi connectivity index (χ2v) is 5.29. The third-order valence-electron chi connectivity index (χ3n) is 2.93. The van der Waals surface area contributed by atoms with Gasteiger partial charge in [-0.1, -0.05) is 23.9 Å². The molecule has 0 unspecified atom stereocenters. The molecule has 6 heteroatoms. The molecule has 0 aliphatic carbocycles. The van der Waals surface area contributed by atoms with E-state index in [0.29, 0.717) is 10.6 Å². The molecule has 0 N–H and O–H groups in total. The zero-order valence-corrected chi connectivity index (χ0v) is 11.9. The number of hydrogen-bond acceptors (Lipinski definition) is 5. The lowest BCUT2D eigenvalue weighted by atomic mass is 10.2. The van der Waals surface area contributed by atoms with Crippen molar-refractivity contribution in [3.63, 3.8) is 0 Å². The molecule has 2 heterocycles. The Balaban J connectivity index is 2.02. The number of Topliss-reactive ketones (excluding diaryl/α,β-unsaturated/α-hetero) is 1. The van der Waals surface area contributed by atoms with Gasteiger partial charge in [-0.15, -0.1) is 0 Å². The van der Waals surface area contributed by atoms with Gasteiger partial charge in [-0.3, -0.25) is 9.69 Å². The van der Waals surface area contributed by atoms with E-state index in [4.69, 9.17) is 9.15 Å². The van der Waals surface area contributed by atoms with Crippen molar-refractivity contribution >= 4 is 29.3 Å². The Morgan fingerprint density at radius 3 is 2.71 bits per heavy atom. The van der Waals surface area contributed by atoms with Crippen molar-refractivity contribution in [3.8, 4) is 0 Å². The summed E-state index contributed by atoms with van der Waals surface area (Å²) in [7, 11) is 1.30. The van der Waals surface area contributed by atoms with Crippen LogP contribution in [-0.4, -0.2) is 19.0 Å². The smallest absolute Gasteiger partial charge is 0.418 e. The molecule has 5 nitrogen and oxygen atoms in total. The van der Waals surface area contributed by atoms with Crippen LogP contribution < -0.4 is 4.90 Å². The maximum Gasteiger partial charge on any atom is 0.418 e. The van der Waals surface area contributed by atoms with Gasteiger partial charge in [0, 0.05) is 11.1 Å². The number of rotatable bonds is 2. The summed E-state index contributed by atoms with van der Waals surface area (Å²) in [5.74, 6) is -0.0358. The summed E-state index contributed by atoms with van der Waals surface area (Å²) in [5.41, 5.74) is 0.686. The lowest BCUT2D eigenvalue weighted by Crippen LogP contribution is -2.28. The van der Waals surface area contributed by atoms with Crippen molar-refractivity contribution in [2.45, 2.75) is 4.90 Å². The summed E-state index contributed by atoms with van der Waals surface area (Å²) >= 11 is 1.30. The zero-order chi connectivity index (χ0) is 14.8. The van der Waals surface area contributed by atoms with Gasteiger partial charge in [-0.25, -0.2) is 4.79 Å². The highest BCUT2D eigenvalue weighted by Crippen LogP contribution is 2.41. The number of carbonyl (C=O) groups excluding carboxylic acids is 2. The van der Waals surface area contributed by atoms with Crippen LogP contribution >= 0.6 is 11.8 Å². The first-order valence-electron chi connectivity index (χ1n) is 6.15. The number of ether oxygens (including phenoxy) is 1. The van der Waals surface area contributed by atoms with Gasteiger partial charge in [0.2, 0.25) is 5.78 Å². The third-order valence-corrected chi connectivity index (χ3v) is 4.01. The molecule has 0 radical (unpaired) electrons. The highest BCUT2D eigenvalue weighted by Gasteiger charge is 2.28. The van der Waals surface area contributed by atoms with Gasteiger partial charge in [-0.2, -0.15) is 0 Å². The number of carbonyl (C=O) groups is 2. The Labute approximate surface area is 125 Å². The van der Waals surface area contributed by atoms with Crippen molar-refractivity contribution in [1.29, 1.82) is 0 Å². The van der Waals surface area contributed by atoms with Crippen LogP contribution in [0.2, 0.25) is 0 Å². The quantitative estimate of drug-likeness (QED) is 0.792. The Morgan fingerprint density at radius 1 is 1.19 bits per heavy atom. The molecule has 2 aromatic rings. The zero-order valence-electron chi connectivity index (χ0n) is 11.1. The number of benzene rings is 1. The summed E-state index contributed by atoms with van der Waals surface area (Å²) in [6.45, 7) is 0. The van der Waals surface area contributed by atoms with E-state index in [-0.39, 0.29) is 11.5 Å². The number of anilines is 1. The van der Waals surface area contributed by atoms with E-state index in [2.05, 4.69) is 0 Å². The maximum atomic E-state index is 12.4. The largest absolute Gasteiger partial charge is 0.461 e. The number of hydrogen-bond donors (Lipinski definition) is 0. The van der Waals surface area contributed by atoms with Gasteiger partial charge >= 0.3 is 6.09 Å². The van der Waals surface area contributed by atoms with E-state index in [1.807, 2.05) is 18.2 Å². The molecule has 0 fully saturated rings. The van der Waals surface area contributed by atoms with Crippen molar-refractivity contribution in [1.82, 2.24) is 0 Å². The van der Waals surface area contributed by atoms with Gasteiger partial charge in [0.15, 0.2) is 5.76 Å². The fourth-order valence-corrected chi connectivity index (χ4v) is 2.96. The summed E-state index contributed by atoms with van der Waals surface area (Å²) in [6.07, 6.45) is 2.37. The van der Waals surface area contributed by atoms with Crippen LogP contribution in [0.3, 0.4) is 0 Å². The van der Waals surface area contributed by atoms with Crippen LogP contribution in [0.4, 0.5) is 10.5 Å². The number of furan rings is 1. The highest BCUT2D eigenvalue weighted by molar-refractivity contribution is 8.04. The molecule has 0 saturated heterocycles. The maximum absolute atomic E-state index is 12.4.